The maximum absolute atomic E-state index is 3.58. The zero-order chi connectivity index (χ0) is 20.5. The molecular weight excluding hydrogens is 346 g/mol. The lowest BCUT2D eigenvalue weighted by Gasteiger charge is -2.94. The molecule has 2 saturated heterocycles. The third-order valence-corrected chi connectivity index (χ3v) is 20.6. The van der Waals surface area contributed by atoms with E-state index in [1.807, 2.05) is 0 Å². The van der Waals surface area contributed by atoms with Crippen LogP contribution in [0.1, 0.15) is 87.0 Å². The van der Waals surface area contributed by atoms with Crippen molar-refractivity contribution in [3.63, 3.8) is 0 Å². The molecule has 4 unspecified atom stereocenters. The molecule has 2 rings (SSSR count). The predicted molar refractivity (Wildman–Crippen MR) is 130 cm³/mol. The van der Waals surface area contributed by atoms with Crippen LogP contribution in [0.2, 0.25) is 0 Å². The molecule has 1 N–H and O–H groups in total. The summed E-state index contributed by atoms with van der Waals surface area (Å²) in [5.41, 5.74) is 0. The Hall–Kier alpha value is 0.310. The quantitative estimate of drug-likeness (QED) is 0.450. The van der Waals surface area contributed by atoms with E-state index in [2.05, 4.69) is 67.1 Å². The second kappa shape index (κ2) is 7.86. The van der Waals surface area contributed by atoms with Crippen LogP contribution in [0.5, 0.6) is 0 Å². The van der Waals surface area contributed by atoms with Gasteiger partial charge in [0.15, 0.2) is 0 Å². The summed E-state index contributed by atoms with van der Waals surface area (Å²) in [6.45, 7) is 17.5. The summed E-state index contributed by atoms with van der Waals surface area (Å²) in [4.78, 5) is 0. The van der Waals surface area contributed by atoms with Gasteiger partial charge in [0.1, 0.15) is 0 Å². The number of hydrogen-bond acceptors (Lipinski definition) is 1. The van der Waals surface area contributed by atoms with Crippen LogP contribution in [-0.4, -0.2) is 47.1 Å². The van der Waals surface area contributed by atoms with E-state index in [1.165, 1.54) is 38.5 Å². The Morgan fingerprint density at radius 3 is 2.07 bits per heavy atom. The average Bonchev–Trinajstić information content (AvgIpc) is 2.55. The van der Waals surface area contributed by atoms with E-state index >= 15 is 0 Å². The SMILES string of the molecule is CCCC1CS2(C)(C(C)CC(C)NC)(C1)CC(C(C)C)CCC2CC(C)C. The van der Waals surface area contributed by atoms with Crippen LogP contribution >= 0.6 is 8.29 Å². The summed E-state index contributed by atoms with van der Waals surface area (Å²) >= 11 is 0. The minimum absolute atomic E-state index is 0.648. The molecule has 0 saturated carbocycles. The summed E-state index contributed by atoms with van der Waals surface area (Å²) in [6.07, 6.45) is 11.7. The predicted octanol–water partition coefficient (Wildman–Crippen LogP) is 6.79. The molecule has 0 aromatic heterocycles. The molecular formula is C25H53NS. The van der Waals surface area contributed by atoms with Crippen molar-refractivity contribution < 1.29 is 0 Å². The Labute approximate surface area is 171 Å². The fraction of sp³-hybridized carbons (Fsp3) is 1.00. The van der Waals surface area contributed by atoms with Crippen LogP contribution < -0.4 is 5.32 Å². The zero-order valence-corrected chi connectivity index (χ0v) is 21.1. The van der Waals surface area contributed by atoms with Crippen molar-refractivity contribution >= 4 is 8.29 Å². The lowest BCUT2D eigenvalue weighted by atomic mass is 9.90. The van der Waals surface area contributed by atoms with Crippen molar-refractivity contribution in [1.29, 1.82) is 0 Å². The molecule has 2 aliphatic rings. The molecule has 1 spiro atoms. The number of hydrogen-bond donors (Lipinski definition) is 1. The minimum Gasteiger partial charge on any atom is -0.317 e. The number of rotatable bonds is 9. The highest BCUT2D eigenvalue weighted by Gasteiger charge is 2.72. The highest BCUT2D eigenvalue weighted by molar-refractivity contribution is 8.65. The van der Waals surface area contributed by atoms with Gasteiger partial charge in [-0.3, -0.25) is 8.29 Å². The minimum atomic E-state index is -2.09. The fourth-order valence-electron chi connectivity index (χ4n) is 7.75. The highest BCUT2D eigenvalue weighted by atomic mass is 32.4. The van der Waals surface area contributed by atoms with E-state index in [0.717, 1.165) is 34.2 Å². The molecule has 2 heteroatoms. The van der Waals surface area contributed by atoms with Gasteiger partial charge in [-0.1, -0.05) is 48.0 Å². The summed E-state index contributed by atoms with van der Waals surface area (Å²) in [5.74, 6) is 8.53. The van der Waals surface area contributed by atoms with Gasteiger partial charge in [0, 0.05) is 6.04 Å². The van der Waals surface area contributed by atoms with Crippen LogP contribution in [0.4, 0.5) is 0 Å². The fourth-order valence-corrected chi connectivity index (χ4v) is 19.3. The Balaban J connectivity index is 2.52. The van der Waals surface area contributed by atoms with Gasteiger partial charge in [-0.25, -0.2) is 0 Å². The first-order valence-corrected chi connectivity index (χ1v) is 15.6. The van der Waals surface area contributed by atoms with E-state index in [9.17, 15) is 0 Å². The first-order chi connectivity index (χ1) is 12.4. The molecule has 0 bridgehead atoms. The molecule has 1 nitrogen and oxygen atoms in total. The first-order valence-electron chi connectivity index (χ1n) is 12.1. The Morgan fingerprint density at radius 2 is 1.59 bits per heavy atom. The third-order valence-electron chi connectivity index (χ3n) is 9.60. The summed E-state index contributed by atoms with van der Waals surface area (Å²) in [5, 5.41) is 5.51. The lowest BCUT2D eigenvalue weighted by Crippen LogP contribution is -2.71. The van der Waals surface area contributed by atoms with Crippen molar-refractivity contribution in [2.45, 2.75) is 104 Å². The summed E-state index contributed by atoms with van der Waals surface area (Å²) in [7, 11) is 0.0725. The van der Waals surface area contributed by atoms with Gasteiger partial charge in [0.2, 0.25) is 0 Å². The second-order valence-corrected chi connectivity index (χ2v) is 21.0. The summed E-state index contributed by atoms with van der Waals surface area (Å²) < 4.78 is 0. The van der Waals surface area contributed by atoms with Crippen molar-refractivity contribution in [1.82, 2.24) is 5.32 Å². The molecule has 0 aromatic rings. The molecule has 0 amide bonds. The maximum Gasteiger partial charge on any atom is 0.00451 e. The Morgan fingerprint density at radius 1 is 0.963 bits per heavy atom. The van der Waals surface area contributed by atoms with E-state index in [4.69, 9.17) is 0 Å². The van der Waals surface area contributed by atoms with Crippen molar-refractivity contribution in [2.75, 3.05) is 30.6 Å². The lowest BCUT2D eigenvalue weighted by molar-refractivity contribution is 0.340. The molecule has 164 valence electrons. The highest BCUT2D eigenvalue weighted by Crippen LogP contribution is 3.01. The first kappa shape index (κ1) is 23.6. The van der Waals surface area contributed by atoms with Gasteiger partial charge in [-0.05, 0) is 104 Å². The Kier molecular flexibility index (Phi) is 6.87. The van der Waals surface area contributed by atoms with E-state index in [1.54, 1.807) is 17.3 Å². The van der Waals surface area contributed by atoms with Gasteiger partial charge >= 0.3 is 0 Å². The molecule has 4 atom stereocenters. The van der Waals surface area contributed by atoms with Crippen LogP contribution in [0.15, 0.2) is 0 Å². The normalized spacial score (nSPS) is 36.3. The largest absolute Gasteiger partial charge is 0.317 e. The van der Waals surface area contributed by atoms with Gasteiger partial charge in [-0.2, -0.15) is 0 Å². The molecule has 0 aliphatic carbocycles. The average molecular weight is 400 g/mol. The van der Waals surface area contributed by atoms with Crippen LogP contribution in [0.3, 0.4) is 0 Å². The van der Waals surface area contributed by atoms with Crippen LogP contribution in [-0.2, 0) is 0 Å². The molecule has 2 fully saturated rings. The molecule has 0 radical (unpaired) electrons. The van der Waals surface area contributed by atoms with E-state index < -0.39 is 8.29 Å². The van der Waals surface area contributed by atoms with Gasteiger partial charge in [-0.15, -0.1) is 0 Å². The summed E-state index contributed by atoms with van der Waals surface area (Å²) in [6, 6.07) is 0.648. The van der Waals surface area contributed by atoms with E-state index in [0.29, 0.717) is 6.04 Å². The van der Waals surface area contributed by atoms with E-state index in [-0.39, 0.29) is 0 Å². The zero-order valence-electron chi connectivity index (χ0n) is 20.3. The Bertz CT molecular complexity index is 504. The monoisotopic (exact) mass is 399 g/mol. The topological polar surface area (TPSA) is 12.0 Å². The third kappa shape index (κ3) is 3.88. The molecule has 27 heavy (non-hydrogen) atoms. The molecule has 0 aromatic carbocycles. The second-order valence-electron chi connectivity index (χ2n) is 12.3. The standard InChI is InChI=1S/C25H53NS/c1-10-11-23-16-27(9,17-23,22(7)15-21(6)26-8)18-24(20(4)5)12-13-25(27)14-19(2)3/h19-26H,10-18H2,1-9H3. The number of nitrogens with one attached hydrogen (secondary N) is 1. The van der Waals surface area contributed by atoms with Crippen LogP contribution in [0, 0.1) is 23.7 Å². The van der Waals surface area contributed by atoms with Gasteiger partial charge in [0.05, 0.1) is 0 Å². The van der Waals surface area contributed by atoms with Gasteiger partial charge < -0.3 is 5.32 Å². The van der Waals surface area contributed by atoms with Crippen molar-refractivity contribution in [3.05, 3.63) is 0 Å². The smallest absolute Gasteiger partial charge is 0.00451 e. The van der Waals surface area contributed by atoms with Gasteiger partial charge in [0.25, 0.3) is 0 Å². The molecule has 2 heterocycles. The maximum atomic E-state index is 3.58. The van der Waals surface area contributed by atoms with Crippen LogP contribution in [0.25, 0.3) is 0 Å². The van der Waals surface area contributed by atoms with Crippen molar-refractivity contribution in [2.24, 2.45) is 23.7 Å². The van der Waals surface area contributed by atoms with Crippen molar-refractivity contribution in [3.8, 4) is 0 Å². The molecule has 2 aliphatic heterocycles.